The van der Waals surface area contributed by atoms with Crippen LogP contribution in [-0.4, -0.2) is 34.9 Å². The third-order valence-corrected chi connectivity index (χ3v) is 5.49. The van der Waals surface area contributed by atoms with Gasteiger partial charge in [0.1, 0.15) is 5.69 Å². The molecule has 122 valence electrons. The van der Waals surface area contributed by atoms with Gasteiger partial charge < -0.3 is 10.6 Å². The highest BCUT2D eigenvalue weighted by Gasteiger charge is 2.30. The Bertz CT molecular complexity index is 710. The maximum absolute atomic E-state index is 13.1. The van der Waals surface area contributed by atoms with E-state index in [4.69, 9.17) is 5.73 Å². The van der Waals surface area contributed by atoms with Gasteiger partial charge in [-0.05, 0) is 44.2 Å². The Morgan fingerprint density at radius 3 is 2.87 bits per heavy atom. The van der Waals surface area contributed by atoms with Gasteiger partial charge in [0, 0.05) is 19.1 Å². The first kappa shape index (κ1) is 16.1. The number of carbonyl (C=O) groups is 1. The van der Waals surface area contributed by atoms with E-state index in [1.165, 1.54) is 5.56 Å². The molecule has 1 saturated heterocycles. The number of aromatic nitrogens is 1. The summed E-state index contributed by atoms with van der Waals surface area (Å²) >= 11 is 1.59. The normalized spacial score (nSPS) is 18.2. The number of hydrogen-bond acceptors (Lipinski definition) is 4. The molecule has 5 heteroatoms. The number of hydrogen-bond donors (Lipinski definition) is 1. The topological polar surface area (TPSA) is 59.2 Å². The van der Waals surface area contributed by atoms with Crippen molar-refractivity contribution in [3.05, 3.63) is 40.5 Å². The number of benzene rings is 1. The van der Waals surface area contributed by atoms with Crippen molar-refractivity contribution in [3.8, 4) is 10.4 Å². The second-order valence-corrected chi connectivity index (χ2v) is 7.31. The molecule has 0 saturated carbocycles. The highest BCUT2D eigenvalue weighted by atomic mass is 32.1. The van der Waals surface area contributed by atoms with Crippen molar-refractivity contribution >= 4 is 17.2 Å². The quantitative estimate of drug-likeness (QED) is 0.939. The first-order chi connectivity index (χ1) is 11.1. The molecule has 2 heterocycles. The molecule has 0 radical (unpaired) electrons. The lowest BCUT2D eigenvalue weighted by atomic mass is 10.0. The van der Waals surface area contributed by atoms with Crippen molar-refractivity contribution in [1.29, 1.82) is 0 Å². The molecule has 0 aliphatic carbocycles. The van der Waals surface area contributed by atoms with Gasteiger partial charge in [0.05, 0.1) is 9.88 Å². The smallest absolute Gasteiger partial charge is 0.274 e. The summed E-state index contributed by atoms with van der Waals surface area (Å²) in [5.74, 6) is 0.0303. The number of amides is 1. The average Bonchev–Trinajstić information content (AvgIpc) is 2.96. The van der Waals surface area contributed by atoms with Crippen LogP contribution in [0.4, 0.5) is 0 Å². The molecule has 1 amide bonds. The summed E-state index contributed by atoms with van der Waals surface area (Å²) in [5.41, 5.74) is 8.73. The first-order valence-electron chi connectivity index (χ1n) is 8.16. The molecule has 1 aliphatic rings. The zero-order valence-electron chi connectivity index (χ0n) is 13.7. The lowest BCUT2D eigenvalue weighted by Crippen LogP contribution is -2.47. The van der Waals surface area contributed by atoms with Crippen LogP contribution >= 0.6 is 11.3 Å². The van der Waals surface area contributed by atoms with E-state index in [-0.39, 0.29) is 11.9 Å². The second-order valence-electron chi connectivity index (χ2n) is 6.11. The predicted octanol–water partition coefficient (Wildman–Crippen LogP) is 3.38. The van der Waals surface area contributed by atoms with Gasteiger partial charge in [-0.15, -0.1) is 11.3 Å². The van der Waals surface area contributed by atoms with E-state index in [2.05, 4.69) is 24.0 Å². The van der Waals surface area contributed by atoms with Crippen LogP contribution in [0.2, 0.25) is 0 Å². The van der Waals surface area contributed by atoms with Gasteiger partial charge in [0.25, 0.3) is 5.91 Å². The largest absolute Gasteiger partial charge is 0.333 e. The van der Waals surface area contributed by atoms with Crippen LogP contribution < -0.4 is 5.73 Å². The molecule has 3 rings (SSSR count). The zero-order valence-corrected chi connectivity index (χ0v) is 14.5. The zero-order chi connectivity index (χ0) is 16.4. The number of nitrogens with zero attached hydrogens (tertiary/aromatic N) is 2. The molecule has 0 bridgehead atoms. The summed E-state index contributed by atoms with van der Waals surface area (Å²) in [4.78, 5) is 20.6. The van der Waals surface area contributed by atoms with Crippen LogP contribution in [0.1, 0.15) is 40.3 Å². The van der Waals surface area contributed by atoms with Crippen molar-refractivity contribution < 1.29 is 4.79 Å². The molecule has 2 aromatic rings. The van der Waals surface area contributed by atoms with E-state index in [0.29, 0.717) is 12.2 Å². The van der Waals surface area contributed by atoms with Crippen LogP contribution in [0, 0.1) is 13.8 Å². The summed E-state index contributed by atoms with van der Waals surface area (Å²) in [6.45, 7) is 5.33. The minimum absolute atomic E-state index is 0.0303. The lowest BCUT2D eigenvalue weighted by Gasteiger charge is -2.34. The Morgan fingerprint density at radius 1 is 1.35 bits per heavy atom. The highest BCUT2D eigenvalue weighted by Crippen LogP contribution is 2.34. The van der Waals surface area contributed by atoms with E-state index in [0.717, 1.165) is 41.3 Å². The fourth-order valence-electron chi connectivity index (χ4n) is 3.23. The van der Waals surface area contributed by atoms with Gasteiger partial charge >= 0.3 is 0 Å². The number of aryl methyl sites for hydroxylation is 2. The van der Waals surface area contributed by atoms with Crippen molar-refractivity contribution in [3.63, 3.8) is 0 Å². The third kappa shape index (κ3) is 3.16. The molecule has 1 aliphatic heterocycles. The molecule has 2 N–H and O–H groups in total. The fraction of sp³-hybridized carbons (Fsp3) is 0.444. The molecular weight excluding hydrogens is 306 g/mol. The summed E-state index contributed by atoms with van der Waals surface area (Å²) in [6, 6.07) is 8.30. The number of rotatable bonds is 3. The number of carbonyl (C=O) groups excluding carboxylic acids is 1. The lowest BCUT2D eigenvalue weighted by molar-refractivity contribution is 0.0618. The van der Waals surface area contributed by atoms with Crippen LogP contribution in [0.5, 0.6) is 0 Å². The highest BCUT2D eigenvalue weighted by molar-refractivity contribution is 7.15. The van der Waals surface area contributed by atoms with Gasteiger partial charge in [-0.2, -0.15) is 0 Å². The molecule has 1 fully saturated rings. The SMILES string of the molecule is Cc1nc(C(=O)N2CCCC[C@H]2CN)c(-c2ccccc2C)s1. The molecule has 4 nitrogen and oxygen atoms in total. The average molecular weight is 329 g/mol. The van der Waals surface area contributed by atoms with Crippen LogP contribution in [-0.2, 0) is 0 Å². The Kier molecular flexibility index (Phi) is 4.78. The van der Waals surface area contributed by atoms with Gasteiger partial charge in [0.2, 0.25) is 0 Å². The Balaban J connectivity index is 2.00. The van der Waals surface area contributed by atoms with E-state index >= 15 is 0 Å². The third-order valence-electron chi connectivity index (χ3n) is 4.49. The Labute approximate surface area is 141 Å². The predicted molar refractivity (Wildman–Crippen MR) is 94.8 cm³/mol. The van der Waals surface area contributed by atoms with Crippen molar-refractivity contribution in [2.45, 2.75) is 39.2 Å². The molecule has 1 aromatic heterocycles. The molecular formula is C18H23N3OS. The first-order valence-corrected chi connectivity index (χ1v) is 8.98. The van der Waals surface area contributed by atoms with Crippen LogP contribution in [0.15, 0.2) is 24.3 Å². The summed E-state index contributed by atoms with van der Waals surface area (Å²) < 4.78 is 0. The van der Waals surface area contributed by atoms with E-state index in [1.54, 1.807) is 11.3 Å². The van der Waals surface area contributed by atoms with Gasteiger partial charge in [-0.25, -0.2) is 4.98 Å². The summed E-state index contributed by atoms with van der Waals surface area (Å²) in [6.07, 6.45) is 3.18. The Morgan fingerprint density at radius 2 is 2.13 bits per heavy atom. The molecule has 0 unspecified atom stereocenters. The van der Waals surface area contributed by atoms with E-state index in [9.17, 15) is 4.79 Å². The van der Waals surface area contributed by atoms with Crippen LogP contribution in [0.3, 0.4) is 0 Å². The molecule has 1 atom stereocenters. The number of piperidine rings is 1. The van der Waals surface area contributed by atoms with Crippen molar-refractivity contribution in [1.82, 2.24) is 9.88 Å². The fourth-order valence-corrected chi connectivity index (χ4v) is 4.23. The standard InChI is InChI=1S/C18H23N3OS/c1-12-7-3-4-9-15(12)17-16(20-13(2)23-17)18(22)21-10-6-5-8-14(21)11-19/h3-4,7,9,14H,5-6,8,10-11,19H2,1-2H3/t14-/m0/s1. The minimum atomic E-state index is 0.0303. The summed E-state index contributed by atoms with van der Waals surface area (Å²) in [7, 11) is 0. The number of likely N-dealkylation sites (tertiary alicyclic amines) is 1. The van der Waals surface area contributed by atoms with Crippen LogP contribution in [0.25, 0.3) is 10.4 Å². The molecule has 1 aromatic carbocycles. The monoisotopic (exact) mass is 329 g/mol. The molecule has 23 heavy (non-hydrogen) atoms. The van der Waals surface area contributed by atoms with Crippen molar-refractivity contribution in [2.24, 2.45) is 5.73 Å². The Hall–Kier alpha value is -1.72. The maximum Gasteiger partial charge on any atom is 0.274 e. The number of thiazole rings is 1. The maximum atomic E-state index is 13.1. The summed E-state index contributed by atoms with van der Waals surface area (Å²) in [5, 5.41) is 0.924. The van der Waals surface area contributed by atoms with Gasteiger partial charge in [-0.3, -0.25) is 4.79 Å². The van der Waals surface area contributed by atoms with E-state index in [1.807, 2.05) is 24.0 Å². The van der Waals surface area contributed by atoms with E-state index < -0.39 is 0 Å². The number of nitrogens with two attached hydrogens (primary N) is 1. The van der Waals surface area contributed by atoms with Gasteiger partial charge in [-0.1, -0.05) is 24.3 Å². The van der Waals surface area contributed by atoms with Crippen molar-refractivity contribution in [2.75, 3.05) is 13.1 Å². The second kappa shape index (κ2) is 6.81. The van der Waals surface area contributed by atoms with Gasteiger partial charge in [0.15, 0.2) is 0 Å². The molecule has 0 spiro atoms. The minimum Gasteiger partial charge on any atom is -0.333 e.